The zero-order chi connectivity index (χ0) is 20.8. The molecule has 1 aliphatic rings. The number of aryl methyl sites for hydroxylation is 1. The van der Waals surface area contributed by atoms with Crippen molar-refractivity contribution in [1.29, 1.82) is 0 Å². The summed E-state index contributed by atoms with van der Waals surface area (Å²) in [6, 6.07) is 8.37. The lowest BCUT2D eigenvalue weighted by Gasteiger charge is -2.11. The SMILES string of the molecule is Cc1nn([C@H]2CCS(=O)(=O)C2)c(C)c1/C=C/c1cc(C(=O)[O-])c2ccccc2n1. The van der Waals surface area contributed by atoms with Gasteiger partial charge >= 0.3 is 0 Å². The van der Waals surface area contributed by atoms with E-state index in [1.807, 2.05) is 19.9 Å². The summed E-state index contributed by atoms with van der Waals surface area (Å²) in [5.74, 6) is -0.950. The molecule has 1 fully saturated rings. The van der Waals surface area contributed by atoms with Crippen LogP contribution in [-0.2, 0) is 9.84 Å². The van der Waals surface area contributed by atoms with Gasteiger partial charge < -0.3 is 9.90 Å². The largest absolute Gasteiger partial charge is 0.545 e. The lowest BCUT2D eigenvalue weighted by atomic mass is 10.1. The molecule has 8 heteroatoms. The molecule has 3 aromatic rings. The Morgan fingerprint density at radius 2 is 2.00 bits per heavy atom. The molecular weight excluding hydrogens is 390 g/mol. The van der Waals surface area contributed by atoms with Gasteiger partial charge in [0.15, 0.2) is 9.84 Å². The van der Waals surface area contributed by atoms with Gasteiger partial charge in [0, 0.05) is 22.2 Å². The summed E-state index contributed by atoms with van der Waals surface area (Å²) < 4.78 is 25.4. The number of carbonyl (C=O) groups is 1. The number of sulfone groups is 1. The number of benzene rings is 1. The van der Waals surface area contributed by atoms with Gasteiger partial charge in [-0.05, 0) is 44.6 Å². The third-order valence-corrected chi connectivity index (χ3v) is 7.06. The lowest BCUT2D eigenvalue weighted by molar-refractivity contribution is -0.254. The van der Waals surface area contributed by atoms with E-state index < -0.39 is 15.8 Å². The monoisotopic (exact) mass is 410 g/mol. The van der Waals surface area contributed by atoms with Crippen LogP contribution in [0.3, 0.4) is 0 Å². The maximum Gasteiger partial charge on any atom is 0.152 e. The molecule has 1 aromatic carbocycles. The van der Waals surface area contributed by atoms with Crippen LogP contribution in [0.25, 0.3) is 23.1 Å². The van der Waals surface area contributed by atoms with Gasteiger partial charge in [0.05, 0.1) is 40.4 Å². The van der Waals surface area contributed by atoms with Gasteiger partial charge in [0.2, 0.25) is 0 Å². The molecule has 0 saturated carbocycles. The van der Waals surface area contributed by atoms with Crippen molar-refractivity contribution in [2.24, 2.45) is 0 Å². The van der Waals surface area contributed by atoms with E-state index >= 15 is 0 Å². The Balaban J connectivity index is 1.71. The topological polar surface area (TPSA) is 105 Å². The molecule has 0 spiro atoms. The first-order valence-electron chi connectivity index (χ1n) is 9.30. The molecule has 0 radical (unpaired) electrons. The standard InChI is InChI=1S/C21H21N3O4S/c1-13-17(14(2)24(23-13)16-9-10-29(27,28)12-16)8-7-15-11-19(21(25)26)18-5-3-4-6-20(18)22-15/h3-8,11,16H,9-10,12H2,1-2H3,(H,25,26)/p-1/b8-7+/t16-/m0/s1. The number of pyridine rings is 1. The molecule has 0 amide bonds. The molecule has 1 atom stereocenters. The number of rotatable bonds is 4. The second-order valence-electron chi connectivity index (χ2n) is 7.32. The van der Waals surface area contributed by atoms with Crippen molar-refractivity contribution in [3.05, 3.63) is 58.5 Å². The minimum atomic E-state index is -3.00. The van der Waals surface area contributed by atoms with E-state index in [1.165, 1.54) is 6.07 Å². The number of carbonyl (C=O) groups excluding carboxylic acids is 1. The van der Waals surface area contributed by atoms with Gasteiger partial charge in [-0.15, -0.1) is 0 Å². The quantitative estimate of drug-likeness (QED) is 0.651. The molecule has 0 unspecified atom stereocenters. The van der Waals surface area contributed by atoms with Crippen LogP contribution in [0.2, 0.25) is 0 Å². The summed E-state index contributed by atoms with van der Waals surface area (Å²) in [6.07, 6.45) is 4.15. The Kier molecular flexibility index (Phi) is 4.74. The van der Waals surface area contributed by atoms with Gasteiger partial charge in [0.1, 0.15) is 0 Å². The fourth-order valence-electron chi connectivity index (χ4n) is 3.86. The van der Waals surface area contributed by atoms with E-state index in [0.29, 0.717) is 23.0 Å². The van der Waals surface area contributed by atoms with Gasteiger partial charge in [-0.2, -0.15) is 5.10 Å². The van der Waals surface area contributed by atoms with Gasteiger partial charge in [-0.25, -0.2) is 13.4 Å². The highest BCUT2D eigenvalue weighted by Gasteiger charge is 2.31. The number of aromatic carboxylic acids is 1. The Hall–Kier alpha value is -3.00. The number of aromatic nitrogens is 3. The zero-order valence-electron chi connectivity index (χ0n) is 16.1. The zero-order valence-corrected chi connectivity index (χ0v) is 16.9. The predicted octanol–water partition coefficient (Wildman–Crippen LogP) is 1.94. The summed E-state index contributed by atoms with van der Waals surface area (Å²) in [5.41, 5.74) is 3.70. The smallest absolute Gasteiger partial charge is 0.152 e. The van der Waals surface area contributed by atoms with Crippen molar-refractivity contribution in [2.75, 3.05) is 11.5 Å². The van der Waals surface area contributed by atoms with Gasteiger partial charge in [0.25, 0.3) is 0 Å². The van der Waals surface area contributed by atoms with Crippen LogP contribution < -0.4 is 5.11 Å². The Morgan fingerprint density at radius 3 is 2.69 bits per heavy atom. The summed E-state index contributed by atoms with van der Waals surface area (Å²) >= 11 is 0. The highest BCUT2D eigenvalue weighted by molar-refractivity contribution is 7.91. The Bertz CT molecular complexity index is 1260. The summed E-state index contributed by atoms with van der Waals surface area (Å²) in [6.45, 7) is 3.78. The van der Waals surface area contributed by atoms with E-state index in [4.69, 9.17) is 0 Å². The van der Waals surface area contributed by atoms with Crippen molar-refractivity contribution in [2.45, 2.75) is 26.3 Å². The van der Waals surface area contributed by atoms with Crippen molar-refractivity contribution in [3.8, 4) is 0 Å². The first kappa shape index (κ1) is 19.3. The molecule has 0 N–H and O–H groups in total. The number of hydrogen-bond acceptors (Lipinski definition) is 6. The number of carboxylic acid groups (broad SMARTS) is 1. The molecule has 150 valence electrons. The van der Waals surface area contributed by atoms with E-state index in [2.05, 4.69) is 10.1 Å². The highest BCUT2D eigenvalue weighted by Crippen LogP contribution is 2.28. The fourth-order valence-corrected chi connectivity index (χ4v) is 5.55. The van der Waals surface area contributed by atoms with Crippen LogP contribution in [0, 0.1) is 13.8 Å². The first-order valence-corrected chi connectivity index (χ1v) is 11.1. The fraction of sp³-hybridized carbons (Fsp3) is 0.286. The number of fused-ring (bicyclic) bond motifs is 1. The third-order valence-electron chi connectivity index (χ3n) is 5.31. The molecule has 1 saturated heterocycles. The molecule has 2 aromatic heterocycles. The molecule has 3 heterocycles. The minimum Gasteiger partial charge on any atom is -0.545 e. The molecule has 0 aliphatic carbocycles. The highest BCUT2D eigenvalue weighted by atomic mass is 32.2. The lowest BCUT2D eigenvalue weighted by Crippen LogP contribution is -2.22. The average Bonchev–Trinajstić information content (AvgIpc) is 3.17. The summed E-state index contributed by atoms with van der Waals surface area (Å²) in [4.78, 5) is 16.0. The molecule has 0 bridgehead atoms. The number of nitrogens with zero attached hydrogens (tertiary/aromatic N) is 3. The summed E-state index contributed by atoms with van der Waals surface area (Å²) in [5, 5.41) is 16.6. The maximum absolute atomic E-state index is 11.8. The molecule has 29 heavy (non-hydrogen) atoms. The van der Waals surface area contributed by atoms with Crippen molar-refractivity contribution in [3.63, 3.8) is 0 Å². The van der Waals surface area contributed by atoms with E-state index in [0.717, 1.165) is 17.0 Å². The van der Waals surface area contributed by atoms with Crippen molar-refractivity contribution >= 4 is 38.9 Å². The van der Waals surface area contributed by atoms with Crippen molar-refractivity contribution < 1.29 is 18.3 Å². The molecule has 1 aliphatic heterocycles. The van der Waals surface area contributed by atoms with Crippen LogP contribution >= 0.6 is 0 Å². The van der Waals surface area contributed by atoms with Crippen LogP contribution in [0.15, 0.2) is 30.3 Å². The van der Waals surface area contributed by atoms with Gasteiger partial charge in [-0.1, -0.05) is 18.2 Å². The van der Waals surface area contributed by atoms with Crippen LogP contribution in [0.5, 0.6) is 0 Å². The van der Waals surface area contributed by atoms with E-state index in [-0.39, 0.29) is 23.1 Å². The van der Waals surface area contributed by atoms with Crippen LogP contribution in [0.4, 0.5) is 0 Å². The third kappa shape index (κ3) is 3.67. The number of para-hydroxylation sites is 1. The minimum absolute atomic E-state index is 0.0931. The van der Waals surface area contributed by atoms with E-state index in [9.17, 15) is 18.3 Å². The van der Waals surface area contributed by atoms with E-state index in [1.54, 1.807) is 35.0 Å². The Labute approximate surface area is 168 Å². The van der Waals surface area contributed by atoms with Gasteiger partial charge in [-0.3, -0.25) is 4.68 Å². The second kappa shape index (κ2) is 7.11. The van der Waals surface area contributed by atoms with Crippen molar-refractivity contribution in [1.82, 2.24) is 14.8 Å². The molecule has 4 rings (SSSR count). The number of hydrogen-bond donors (Lipinski definition) is 0. The first-order chi connectivity index (χ1) is 13.7. The number of carboxylic acids is 1. The van der Waals surface area contributed by atoms with Crippen LogP contribution in [0.1, 0.15) is 45.5 Å². The Morgan fingerprint density at radius 1 is 1.24 bits per heavy atom. The predicted molar refractivity (Wildman–Crippen MR) is 109 cm³/mol. The average molecular weight is 410 g/mol. The maximum atomic E-state index is 11.8. The normalized spacial score (nSPS) is 18.6. The van der Waals surface area contributed by atoms with Crippen LogP contribution in [-0.4, -0.2) is 40.7 Å². The molecule has 7 nitrogen and oxygen atoms in total. The second-order valence-corrected chi connectivity index (χ2v) is 9.55. The summed E-state index contributed by atoms with van der Waals surface area (Å²) in [7, 11) is -3.00. The molecular formula is C21H20N3O4S-.